The average molecular weight is 286 g/mol. The van der Waals surface area contributed by atoms with Crippen LogP contribution in [0.15, 0.2) is 54.9 Å². The number of aliphatic hydroxyl groups is 1. The molecule has 100 valence electrons. The van der Waals surface area contributed by atoms with Crippen LogP contribution < -0.4 is 0 Å². The first-order valence-corrected chi connectivity index (χ1v) is 6.53. The Kier molecular flexibility index (Phi) is 3.50. The van der Waals surface area contributed by atoms with Crippen LogP contribution in [-0.4, -0.2) is 19.9 Å². The highest BCUT2D eigenvalue weighted by Gasteiger charge is 2.17. The van der Waals surface area contributed by atoms with Gasteiger partial charge in [-0.2, -0.15) is 5.10 Å². The lowest BCUT2D eigenvalue weighted by Gasteiger charge is -2.01. The zero-order valence-electron chi connectivity index (χ0n) is 10.6. The number of hydrogen-bond acceptors (Lipinski definition) is 3. The molecular weight excluding hydrogens is 274 g/mol. The molecule has 4 nitrogen and oxygen atoms in total. The number of hydrogen-bond donors (Lipinski definition) is 1. The van der Waals surface area contributed by atoms with E-state index in [1.807, 2.05) is 42.5 Å². The van der Waals surface area contributed by atoms with Crippen molar-refractivity contribution in [3.8, 4) is 16.9 Å². The second kappa shape index (κ2) is 5.45. The molecule has 0 radical (unpaired) electrons. The van der Waals surface area contributed by atoms with Crippen LogP contribution in [0.25, 0.3) is 16.9 Å². The molecule has 0 aliphatic heterocycles. The summed E-state index contributed by atoms with van der Waals surface area (Å²) < 4.78 is 1.61. The molecule has 2 aromatic heterocycles. The number of nitrogens with zero attached hydrogens (tertiary/aromatic N) is 3. The molecule has 20 heavy (non-hydrogen) atoms. The van der Waals surface area contributed by atoms with Crippen molar-refractivity contribution in [3.05, 3.63) is 65.6 Å². The van der Waals surface area contributed by atoms with Gasteiger partial charge < -0.3 is 5.11 Å². The molecule has 2 heterocycles. The van der Waals surface area contributed by atoms with Crippen LogP contribution >= 0.6 is 11.6 Å². The summed E-state index contributed by atoms with van der Waals surface area (Å²) in [5.74, 6) is 0. The number of pyridine rings is 1. The van der Waals surface area contributed by atoms with Gasteiger partial charge >= 0.3 is 0 Å². The van der Waals surface area contributed by atoms with Crippen LogP contribution in [0.2, 0.25) is 5.15 Å². The number of benzene rings is 1. The van der Waals surface area contributed by atoms with Crippen LogP contribution in [0.4, 0.5) is 0 Å². The third kappa shape index (κ3) is 2.19. The molecular formula is C15H12ClN3O. The molecule has 0 spiro atoms. The van der Waals surface area contributed by atoms with E-state index in [1.165, 1.54) is 0 Å². The maximum Gasteiger partial charge on any atom is 0.139 e. The van der Waals surface area contributed by atoms with Crippen LogP contribution in [0.5, 0.6) is 0 Å². The van der Waals surface area contributed by atoms with Crippen molar-refractivity contribution in [3.63, 3.8) is 0 Å². The first-order valence-electron chi connectivity index (χ1n) is 6.15. The van der Waals surface area contributed by atoms with Crippen LogP contribution in [0.1, 0.15) is 5.56 Å². The lowest BCUT2D eigenvalue weighted by atomic mass is 10.1. The lowest BCUT2D eigenvalue weighted by molar-refractivity contribution is 0.282. The third-order valence-electron chi connectivity index (χ3n) is 3.03. The van der Waals surface area contributed by atoms with E-state index in [-0.39, 0.29) is 6.61 Å². The Labute approximate surface area is 121 Å². The Bertz CT molecular complexity index is 711. The molecule has 0 aliphatic rings. The van der Waals surface area contributed by atoms with Gasteiger partial charge in [-0.1, -0.05) is 41.9 Å². The summed E-state index contributed by atoms with van der Waals surface area (Å²) >= 11 is 6.33. The Balaban J connectivity index is 2.18. The highest BCUT2D eigenvalue weighted by Crippen LogP contribution is 2.30. The van der Waals surface area contributed by atoms with Crippen molar-refractivity contribution >= 4 is 11.6 Å². The van der Waals surface area contributed by atoms with Gasteiger partial charge in [0.15, 0.2) is 0 Å². The number of rotatable bonds is 3. The average Bonchev–Trinajstić information content (AvgIpc) is 2.86. The van der Waals surface area contributed by atoms with Gasteiger partial charge in [0.05, 0.1) is 18.0 Å². The van der Waals surface area contributed by atoms with Crippen LogP contribution in [0.3, 0.4) is 0 Å². The van der Waals surface area contributed by atoms with E-state index in [1.54, 1.807) is 17.1 Å². The standard InChI is InChI=1S/C15H12ClN3O/c16-15-13(10-20)14(11-4-2-1-3-5-11)18-19(15)12-6-8-17-9-7-12/h1-9,20H,10H2. The zero-order chi connectivity index (χ0) is 13.9. The quantitative estimate of drug-likeness (QED) is 0.804. The molecule has 0 bridgehead atoms. The summed E-state index contributed by atoms with van der Waals surface area (Å²) in [5, 5.41) is 14.5. The minimum absolute atomic E-state index is 0.159. The maximum absolute atomic E-state index is 9.57. The monoisotopic (exact) mass is 285 g/mol. The second-order valence-corrected chi connectivity index (χ2v) is 4.62. The topological polar surface area (TPSA) is 50.9 Å². The van der Waals surface area contributed by atoms with E-state index in [9.17, 15) is 5.11 Å². The van der Waals surface area contributed by atoms with Gasteiger partial charge in [-0.15, -0.1) is 0 Å². The summed E-state index contributed by atoms with van der Waals surface area (Å²) in [7, 11) is 0. The third-order valence-corrected chi connectivity index (χ3v) is 3.42. The van der Waals surface area contributed by atoms with Gasteiger partial charge in [-0.05, 0) is 12.1 Å². The summed E-state index contributed by atoms with van der Waals surface area (Å²) in [4.78, 5) is 3.97. The van der Waals surface area contributed by atoms with Crippen molar-refractivity contribution in [1.82, 2.24) is 14.8 Å². The fourth-order valence-electron chi connectivity index (χ4n) is 2.05. The van der Waals surface area contributed by atoms with Gasteiger partial charge in [0.2, 0.25) is 0 Å². The summed E-state index contributed by atoms with van der Waals surface area (Å²) in [6.45, 7) is -0.159. The predicted molar refractivity (Wildman–Crippen MR) is 77.7 cm³/mol. The van der Waals surface area contributed by atoms with E-state index in [2.05, 4.69) is 10.1 Å². The van der Waals surface area contributed by atoms with Crippen molar-refractivity contribution in [2.75, 3.05) is 0 Å². The Morgan fingerprint density at radius 1 is 1.05 bits per heavy atom. The highest BCUT2D eigenvalue weighted by molar-refractivity contribution is 6.31. The van der Waals surface area contributed by atoms with Crippen LogP contribution in [0, 0.1) is 0 Å². The number of aliphatic hydroxyl groups excluding tert-OH is 1. The molecule has 1 N–H and O–H groups in total. The predicted octanol–water partition coefficient (Wildman–Crippen LogP) is 3.08. The van der Waals surface area contributed by atoms with E-state index < -0.39 is 0 Å². The molecule has 0 saturated carbocycles. The Hall–Kier alpha value is -2.17. The summed E-state index contributed by atoms with van der Waals surface area (Å²) in [5.41, 5.74) is 3.04. The molecule has 1 aromatic carbocycles. The second-order valence-electron chi connectivity index (χ2n) is 4.26. The van der Waals surface area contributed by atoms with Crippen molar-refractivity contribution in [1.29, 1.82) is 0 Å². The normalized spacial score (nSPS) is 10.7. The molecule has 0 atom stereocenters. The van der Waals surface area contributed by atoms with E-state index >= 15 is 0 Å². The molecule has 3 aromatic rings. The fourth-order valence-corrected chi connectivity index (χ4v) is 2.34. The van der Waals surface area contributed by atoms with Gasteiger partial charge in [-0.25, -0.2) is 4.68 Å². The van der Waals surface area contributed by atoms with Crippen molar-refractivity contribution < 1.29 is 5.11 Å². The lowest BCUT2D eigenvalue weighted by Crippen LogP contribution is -1.96. The molecule has 0 unspecified atom stereocenters. The number of halogens is 1. The van der Waals surface area contributed by atoms with Crippen molar-refractivity contribution in [2.45, 2.75) is 6.61 Å². The highest BCUT2D eigenvalue weighted by atomic mass is 35.5. The zero-order valence-corrected chi connectivity index (χ0v) is 11.3. The molecule has 0 saturated heterocycles. The summed E-state index contributed by atoms with van der Waals surface area (Å²) in [6.07, 6.45) is 3.35. The van der Waals surface area contributed by atoms with Crippen LogP contribution in [-0.2, 0) is 6.61 Å². The molecule has 0 fully saturated rings. The van der Waals surface area contributed by atoms with E-state index in [0.29, 0.717) is 16.4 Å². The molecule has 0 aliphatic carbocycles. The Morgan fingerprint density at radius 2 is 1.75 bits per heavy atom. The molecule has 3 rings (SSSR count). The largest absolute Gasteiger partial charge is 0.391 e. The molecule has 5 heteroatoms. The first-order chi connectivity index (χ1) is 9.81. The SMILES string of the molecule is OCc1c(-c2ccccc2)nn(-c2ccncc2)c1Cl. The van der Waals surface area contributed by atoms with Gasteiger partial charge in [0, 0.05) is 23.5 Å². The van der Waals surface area contributed by atoms with E-state index in [4.69, 9.17) is 11.6 Å². The van der Waals surface area contributed by atoms with Gasteiger partial charge in [-0.3, -0.25) is 4.98 Å². The van der Waals surface area contributed by atoms with Gasteiger partial charge in [0.25, 0.3) is 0 Å². The fraction of sp³-hybridized carbons (Fsp3) is 0.0667. The summed E-state index contributed by atoms with van der Waals surface area (Å²) in [6, 6.07) is 13.3. The van der Waals surface area contributed by atoms with E-state index in [0.717, 1.165) is 11.3 Å². The minimum Gasteiger partial charge on any atom is -0.391 e. The molecule has 0 amide bonds. The van der Waals surface area contributed by atoms with Crippen molar-refractivity contribution in [2.24, 2.45) is 0 Å². The van der Waals surface area contributed by atoms with Gasteiger partial charge in [0.1, 0.15) is 5.15 Å². The first kappa shape index (κ1) is 12.8. The number of aromatic nitrogens is 3. The Morgan fingerprint density at radius 3 is 2.40 bits per heavy atom. The maximum atomic E-state index is 9.57. The minimum atomic E-state index is -0.159. The smallest absolute Gasteiger partial charge is 0.139 e.